The fraction of sp³-hybridized carbons (Fsp3) is 0. The third-order valence-corrected chi connectivity index (χ3v) is 1.28. The maximum absolute atomic E-state index is 5.35. The van der Waals surface area contributed by atoms with Crippen molar-refractivity contribution in [3.63, 3.8) is 0 Å². The molecule has 0 unspecified atom stereocenters. The molecule has 11 heavy (non-hydrogen) atoms. The Balaban J connectivity index is 2.83. The van der Waals surface area contributed by atoms with Crippen LogP contribution in [0.3, 0.4) is 0 Å². The van der Waals surface area contributed by atoms with Gasteiger partial charge in [-0.2, -0.15) is 0 Å². The van der Waals surface area contributed by atoms with Gasteiger partial charge in [0, 0.05) is 0 Å². The number of hydrogen-bond donors (Lipinski definition) is 1. The maximum atomic E-state index is 5.35. The summed E-state index contributed by atoms with van der Waals surface area (Å²) in [5.41, 5.74) is 6.72. The lowest BCUT2D eigenvalue weighted by molar-refractivity contribution is 1.16. The lowest BCUT2D eigenvalue weighted by Crippen LogP contribution is -1.95. The molecule has 0 aliphatic carbocycles. The highest BCUT2D eigenvalue weighted by Crippen LogP contribution is 2.04. The molecule has 0 radical (unpaired) electrons. The smallest absolute Gasteiger partial charge is 0.220 e. The summed E-state index contributed by atoms with van der Waals surface area (Å²) in [6.45, 7) is 0. The first-order chi connectivity index (χ1) is 5.36. The van der Waals surface area contributed by atoms with Gasteiger partial charge in [-0.05, 0) is 0 Å². The second kappa shape index (κ2) is 2.12. The van der Waals surface area contributed by atoms with E-state index >= 15 is 0 Å². The number of nitrogens with zero attached hydrogens (tertiary/aromatic N) is 4. The number of nitrogen functional groups attached to an aromatic ring is 1. The molecule has 0 saturated heterocycles. The Hall–Kier alpha value is -1.78. The molecule has 0 atom stereocenters. The van der Waals surface area contributed by atoms with E-state index in [1.54, 1.807) is 12.4 Å². The van der Waals surface area contributed by atoms with Gasteiger partial charge in [-0.25, -0.2) is 19.9 Å². The molecule has 2 heterocycles. The summed E-state index contributed by atoms with van der Waals surface area (Å²) in [5, 5.41) is 0. The third-order valence-electron chi connectivity index (χ3n) is 1.28. The molecule has 0 amide bonds. The first-order valence-corrected chi connectivity index (χ1v) is 3.04. The van der Waals surface area contributed by atoms with Gasteiger partial charge < -0.3 is 5.73 Å². The molecule has 54 valence electrons. The minimum atomic E-state index is 0.243. The standard InChI is InChI=1S/C6H5N5/c7-6-9-2-4-5(11-6)1-8-3-10-4/h1-3H,(H2,7,9,11). The lowest BCUT2D eigenvalue weighted by atomic mass is 10.4. The van der Waals surface area contributed by atoms with Crippen LogP contribution in [0.5, 0.6) is 0 Å². The molecule has 2 N–H and O–H groups in total. The zero-order valence-electron chi connectivity index (χ0n) is 5.60. The molecule has 0 bridgehead atoms. The molecule has 0 aromatic carbocycles. The second-order valence-electron chi connectivity index (χ2n) is 2.02. The highest BCUT2D eigenvalue weighted by Gasteiger charge is 1.94. The summed E-state index contributed by atoms with van der Waals surface area (Å²) in [5.74, 6) is 0.243. The van der Waals surface area contributed by atoms with Gasteiger partial charge in [-0.1, -0.05) is 0 Å². The maximum Gasteiger partial charge on any atom is 0.220 e. The zero-order chi connectivity index (χ0) is 7.68. The highest BCUT2D eigenvalue weighted by atomic mass is 15.0. The monoisotopic (exact) mass is 147 g/mol. The molecule has 2 aromatic heterocycles. The van der Waals surface area contributed by atoms with Gasteiger partial charge in [0.05, 0.1) is 12.4 Å². The Bertz CT molecular complexity index is 385. The number of rotatable bonds is 0. The zero-order valence-corrected chi connectivity index (χ0v) is 5.60. The summed E-state index contributed by atoms with van der Waals surface area (Å²) in [4.78, 5) is 15.4. The first kappa shape index (κ1) is 5.96. The van der Waals surface area contributed by atoms with Crippen molar-refractivity contribution in [3.05, 3.63) is 18.7 Å². The predicted octanol–water partition coefficient (Wildman–Crippen LogP) is 0.00200. The Morgan fingerprint density at radius 2 is 2.00 bits per heavy atom. The highest BCUT2D eigenvalue weighted by molar-refractivity contribution is 5.72. The van der Waals surface area contributed by atoms with Crippen molar-refractivity contribution < 1.29 is 0 Å². The Labute approximate surface area is 62.3 Å². The molecule has 0 aliphatic rings. The normalized spacial score (nSPS) is 10.2. The van der Waals surface area contributed by atoms with Crippen LogP contribution in [0, 0.1) is 0 Å². The molecular formula is C6H5N5. The van der Waals surface area contributed by atoms with Crippen molar-refractivity contribution in [2.75, 3.05) is 5.73 Å². The number of nitrogens with two attached hydrogens (primary N) is 1. The van der Waals surface area contributed by atoms with Gasteiger partial charge in [0.2, 0.25) is 5.95 Å². The lowest BCUT2D eigenvalue weighted by Gasteiger charge is -1.93. The van der Waals surface area contributed by atoms with E-state index in [1.807, 2.05) is 0 Å². The van der Waals surface area contributed by atoms with Crippen molar-refractivity contribution in [2.45, 2.75) is 0 Å². The summed E-state index contributed by atoms with van der Waals surface area (Å²) < 4.78 is 0. The molecule has 0 spiro atoms. The van der Waals surface area contributed by atoms with Gasteiger partial charge in [-0.15, -0.1) is 0 Å². The van der Waals surface area contributed by atoms with Gasteiger partial charge in [-0.3, -0.25) is 0 Å². The van der Waals surface area contributed by atoms with Crippen LogP contribution in [-0.4, -0.2) is 19.9 Å². The topological polar surface area (TPSA) is 77.6 Å². The molecule has 2 rings (SSSR count). The van der Waals surface area contributed by atoms with Crippen molar-refractivity contribution >= 4 is 17.0 Å². The number of fused-ring (bicyclic) bond motifs is 1. The molecule has 0 saturated carbocycles. The van der Waals surface area contributed by atoms with Crippen molar-refractivity contribution in [3.8, 4) is 0 Å². The van der Waals surface area contributed by atoms with Crippen LogP contribution in [0.2, 0.25) is 0 Å². The number of aromatic nitrogens is 4. The van der Waals surface area contributed by atoms with E-state index in [4.69, 9.17) is 5.73 Å². The molecule has 2 aromatic rings. The fourth-order valence-corrected chi connectivity index (χ4v) is 0.797. The largest absolute Gasteiger partial charge is 0.368 e. The van der Waals surface area contributed by atoms with Crippen LogP contribution in [0.1, 0.15) is 0 Å². The SMILES string of the molecule is Nc1ncc2ncncc2n1. The Morgan fingerprint density at radius 3 is 2.91 bits per heavy atom. The molecule has 0 aliphatic heterocycles. The average molecular weight is 147 g/mol. The van der Waals surface area contributed by atoms with Crippen LogP contribution in [0.25, 0.3) is 11.0 Å². The van der Waals surface area contributed by atoms with Gasteiger partial charge in [0.15, 0.2) is 0 Å². The number of hydrogen-bond acceptors (Lipinski definition) is 5. The van der Waals surface area contributed by atoms with Crippen molar-refractivity contribution in [1.82, 2.24) is 19.9 Å². The Morgan fingerprint density at radius 1 is 1.09 bits per heavy atom. The van der Waals surface area contributed by atoms with Crippen LogP contribution in [-0.2, 0) is 0 Å². The van der Waals surface area contributed by atoms with Crippen LogP contribution in [0.4, 0.5) is 5.95 Å². The van der Waals surface area contributed by atoms with E-state index in [-0.39, 0.29) is 5.95 Å². The van der Waals surface area contributed by atoms with Crippen molar-refractivity contribution in [1.29, 1.82) is 0 Å². The summed E-state index contributed by atoms with van der Waals surface area (Å²) >= 11 is 0. The van der Waals surface area contributed by atoms with E-state index in [1.165, 1.54) is 6.33 Å². The summed E-state index contributed by atoms with van der Waals surface area (Å²) in [7, 11) is 0. The van der Waals surface area contributed by atoms with E-state index in [9.17, 15) is 0 Å². The average Bonchev–Trinajstić information content (AvgIpc) is 2.04. The molecule has 0 fully saturated rings. The van der Waals surface area contributed by atoms with Crippen LogP contribution < -0.4 is 5.73 Å². The van der Waals surface area contributed by atoms with Gasteiger partial charge in [0.25, 0.3) is 0 Å². The molecule has 5 nitrogen and oxygen atoms in total. The predicted molar refractivity (Wildman–Crippen MR) is 39.5 cm³/mol. The van der Waals surface area contributed by atoms with Crippen LogP contribution in [0.15, 0.2) is 18.7 Å². The fourth-order valence-electron chi connectivity index (χ4n) is 0.797. The van der Waals surface area contributed by atoms with Crippen molar-refractivity contribution in [2.24, 2.45) is 0 Å². The van der Waals surface area contributed by atoms with E-state index in [0.717, 1.165) is 0 Å². The first-order valence-electron chi connectivity index (χ1n) is 3.04. The quantitative estimate of drug-likeness (QED) is 0.567. The van der Waals surface area contributed by atoms with Crippen LogP contribution >= 0.6 is 0 Å². The molecule has 5 heteroatoms. The second-order valence-corrected chi connectivity index (χ2v) is 2.02. The van der Waals surface area contributed by atoms with E-state index < -0.39 is 0 Å². The molecular weight excluding hydrogens is 142 g/mol. The summed E-state index contributed by atoms with van der Waals surface area (Å²) in [6.07, 6.45) is 4.61. The summed E-state index contributed by atoms with van der Waals surface area (Å²) in [6, 6.07) is 0. The van der Waals surface area contributed by atoms with Gasteiger partial charge in [0.1, 0.15) is 17.4 Å². The van der Waals surface area contributed by atoms with E-state index in [2.05, 4.69) is 19.9 Å². The third kappa shape index (κ3) is 0.958. The van der Waals surface area contributed by atoms with E-state index in [0.29, 0.717) is 11.0 Å². The Kier molecular flexibility index (Phi) is 1.15. The minimum Gasteiger partial charge on any atom is -0.368 e. The minimum absolute atomic E-state index is 0.243. The van der Waals surface area contributed by atoms with Gasteiger partial charge >= 0.3 is 0 Å². The number of anilines is 1.